The molecule has 0 unspecified atom stereocenters. The minimum atomic E-state index is -0.0168. The highest BCUT2D eigenvalue weighted by atomic mass is 79.9. The molecule has 0 saturated carbocycles. The Morgan fingerprint density at radius 2 is 1.81 bits per heavy atom. The van der Waals surface area contributed by atoms with E-state index in [-0.39, 0.29) is 5.43 Å². The first-order chi connectivity index (χ1) is 10.1. The monoisotopic (exact) mass is 344 g/mol. The summed E-state index contributed by atoms with van der Waals surface area (Å²) in [5.74, 6) is 1.25. The molecule has 3 rings (SSSR count). The van der Waals surface area contributed by atoms with E-state index in [4.69, 9.17) is 9.15 Å². The molecule has 0 radical (unpaired) electrons. The number of hydrogen-bond acceptors (Lipinski definition) is 3. The van der Waals surface area contributed by atoms with Gasteiger partial charge in [0.25, 0.3) is 0 Å². The maximum atomic E-state index is 12.5. The predicted molar refractivity (Wildman–Crippen MR) is 86.9 cm³/mol. The molecule has 0 spiro atoms. The zero-order chi connectivity index (χ0) is 15.0. The second kappa shape index (κ2) is 5.37. The molecule has 2 aromatic carbocycles. The highest BCUT2D eigenvalue weighted by molar-refractivity contribution is 9.10. The maximum Gasteiger partial charge on any atom is 0.196 e. The Labute approximate surface area is 130 Å². The molecule has 0 aliphatic heterocycles. The molecule has 4 heteroatoms. The average molecular weight is 345 g/mol. The summed E-state index contributed by atoms with van der Waals surface area (Å²) in [6.45, 7) is 1.78. The van der Waals surface area contributed by atoms with Crippen molar-refractivity contribution in [3.8, 4) is 17.1 Å². The van der Waals surface area contributed by atoms with Crippen molar-refractivity contribution >= 4 is 26.9 Å². The van der Waals surface area contributed by atoms with E-state index in [2.05, 4.69) is 15.9 Å². The lowest BCUT2D eigenvalue weighted by Crippen LogP contribution is -2.07. The molecule has 0 N–H and O–H groups in total. The quantitative estimate of drug-likeness (QED) is 0.685. The molecule has 1 heterocycles. The van der Waals surface area contributed by atoms with Gasteiger partial charge in [-0.1, -0.05) is 28.1 Å². The van der Waals surface area contributed by atoms with Crippen molar-refractivity contribution in [1.29, 1.82) is 0 Å². The summed E-state index contributed by atoms with van der Waals surface area (Å²) >= 11 is 3.40. The van der Waals surface area contributed by atoms with Crippen LogP contribution in [0, 0.1) is 6.92 Å². The number of halogens is 1. The van der Waals surface area contributed by atoms with Crippen LogP contribution in [0.15, 0.2) is 56.1 Å². The normalized spacial score (nSPS) is 10.8. The van der Waals surface area contributed by atoms with Crippen molar-refractivity contribution < 1.29 is 9.15 Å². The predicted octanol–water partition coefficient (Wildman–Crippen LogP) is 4.54. The number of methoxy groups -OCH3 is 1. The van der Waals surface area contributed by atoms with Crippen molar-refractivity contribution in [3.05, 3.63) is 62.7 Å². The van der Waals surface area contributed by atoms with Gasteiger partial charge in [0.05, 0.1) is 12.5 Å². The van der Waals surface area contributed by atoms with Gasteiger partial charge < -0.3 is 9.15 Å². The van der Waals surface area contributed by atoms with Crippen molar-refractivity contribution in [1.82, 2.24) is 0 Å². The van der Waals surface area contributed by atoms with E-state index in [1.165, 1.54) is 0 Å². The standard InChI is InChI=1S/C17H13BrO3/c1-10-16(19)14-8-7-13(20-2)9-15(14)21-17(10)11-3-5-12(18)6-4-11/h3-9H,1-2H3. The van der Waals surface area contributed by atoms with E-state index < -0.39 is 0 Å². The summed E-state index contributed by atoms with van der Waals surface area (Å²) in [4.78, 5) is 12.5. The zero-order valence-electron chi connectivity index (χ0n) is 11.6. The minimum absolute atomic E-state index is 0.0168. The molecular formula is C17H13BrO3. The van der Waals surface area contributed by atoms with Crippen molar-refractivity contribution in [3.63, 3.8) is 0 Å². The van der Waals surface area contributed by atoms with E-state index >= 15 is 0 Å². The second-order valence-corrected chi connectivity index (χ2v) is 5.67. The Morgan fingerprint density at radius 3 is 2.48 bits per heavy atom. The van der Waals surface area contributed by atoms with Crippen LogP contribution in [-0.4, -0.2) is 7.11 Å². The third kappa shape index (κ3) is 2.47. The Balaban J connectivity index is 2.30. The van der Waals surface area contributed by atoms with Crippen LogP contribution in [0.25, 0.3) is 22.3 Å². The van der Waals surface area contributed by atoms with E-state index in [1.54, 1.807) is 32.2 Å². The maximum absolute atomic E-state index is 12.5. The van der Waals surface area contributed by atoms with Gasteiger partial charge in [-0.15, -0.1) is 0 Å². The van der Waals surface area contributed by atoms with Crippen LogP contribution in [0.2, 0.25) is 0 Å². The summed E-state index contributed by atoms with van der Waals surface area (Å²) in [7, 11) is 1.59. The van der Waals surface area contributed by atoms with Crippen molar-refractivity contribution in [2.45, 2.75) is 6.92 Å². The smallest absolute Gasteiger partial charge is 0.196 e. The van der Waals surface area contributed by atoms with Gasteiger partial charge in [0.2, 0.25) is 0 Å². The molecule has 0 bridgehead atoms. The van der Waals surface area contributed by atoms with Gasteiger partial charge in [-0.2, -0.15) is 0 Å². The third-order valence-electron chi connectivity index (χ3n) is 3.43. The molecule has 1 aromatic heterocycles. The fraction of sp³-hybridized carbons (Fsp3) is 0.118. The SMILES string of the molecule is COc1ccc2c(=O)c(C)c(-c3ccc(Br)cc3)oc2c1. The molecule has 0 aliphatic carbocycles. The molecule has 0 fully saturated rings. The molecule has 21 heavy (non-hydrogen) atoms. The Morgan fingerprint density at radius 1 is 1.10 bits per heavy atom. The molecule has 106 valence electrons. The fourth-order valence-corrected chi connectivity index (χ4v) is 2.53. The highest BCUT2D eigenvalue weighted by Gasteiger charge is 2.13. The first-order valence-electron chi connectivity index (χ1n) is 6.47. The van der Waals surface area contributed by atoms with E-state index in [1.807, 2.05) is 24.3 Å². The summed E-state index contributed by atoms with van der Waals surface area (Å²) in [6, 6.07) is 12.9. The van der Waals surface area contributed by atoms with Crippen molar-refractivity contribution in [2.75, 3.05) is 7.11 Å². The zero-order valence-corrected chi connectivity index (χ0v) is 13.2. The molecule has 0 amide bonds. The lowest BCUT2D eigenvalue weighted by atomic mass is 10.1. The van der Waals surface area contributed by atoms with Crippen molar-refractivity contribution in [2.24, 2.45) is 0 Å². The number of fused-ring (bicyclic) bond motifs is 1. The van der Waals surface area contributed by atoms with Crippen LogP contribution < -0.4 is 10.2 Å². The first-order valence-corrected chi connectivity index (χ1v) is 7.27. The third-order valence-corrected chi connectivity index (χ3v) is 3.96. The van der Waals surface area contributed by atoms with E-state index in [9.17, 15) is 4.79 Å². The lowest BCUT2D eigenvalue weighted by molar-refractivity contribution is 0.414. The number of benzene rings is 2. The number of rotatable bonds is 2. The molecular weight excluding hydrogens is 332 g/mol. The van der Waals surface area contributed by atoms with Gasteiger partial charge in [0.15, 0.2) is 5.43 Å². The summed E-state index contributed by atoms with van der Waals surface area (Å²) in [5, 5.41) is 0.564. The van der Waals surface area contributed by atoms with Crippen LogP contribution in [0.5, 0.6) is 5.75 Å². The Hall–Kier alpha value is -2.07. The van der Waals surface area contributed by atoms with Gasteiger partial charge in [-0.3, -0.25) is 4.79 Å². The van der Waals surface area contributed by atoms with Gasteiger partial charge in [0.1, 0.15) is 17.1 Å². The minimum Gasteiger partial charge on any atom is -0.497 e. The van der Waals surface area contributed by atoms with Crippen LogP contribution in [-0.2, 0) is 0 Å². The Bertz CT molecular complexity index is 864. The molecule has 0 aliphatic rings. The van der Waals surface area contributed by atoms with Crippen LogP contribution in [0.1, 0.15) is 5.56 Å². The molecule has 0 saturated heterocycles. The average Bonchev–Trinajstić information content (AvgIpc) is 2.51. The summed E-state index contributed by atoms with van der Waals surface area (Å²) in [6.07, 6.45) is 0. The number of ether oxygens (including phenoxy) is 1. The lowest BCUT2D eigenvalue weighted by Gasteiger charge is -2.08. The topological polar surface area (TPSA) is 39.4 Å². The second-order valence-electron chi connectivity index (χ2n) is 4.75. The summed E-state index contributed by atoms with van der Waals surface area (Å²) < 4.78 is 12.1. The largest absolute Gasteiger partial charge is 0.497 e. The molecule has 0 atom stereocenters. The highest BCUT2D eigenvalue weighted by Crippen LogP contribution is 2.28. The molecule has 3 nitrogen and oxygen atoms in total. The van der Waals surface area contributed by atoms with Gasteiger partial charge in [0, 0.05) is 21.7 Å². The van der Waals surface area contributed by atoms with Crippen LogP contribution in [0.3, 0.4) is 0 Å². The van der Waals surface area contributed by atoms with Crippen LogP contribution >= 0.6 is 15.9 Å². The van der Waals surface area contributed by atoms with Crippen LogP contribution in [0.4, 0.5) is 0 Å². The molecule has 3 aromatic rings. The van der Waals surface area contributed by atoms with Gasteiger partial charge >= 0.3 is 0 Å². The van der Waals surface area contributed by atoms with E-state index in [0.717, 1.165) is 10.0 Å². The fourth-order valence-electron chi connectivity index (χ4n) is 2.27. The van der Waals surface area contributed by atoms with Gasteiger partial charge in [-0.05, 0) is 31.2 Å². The van der Waals surface area contributed by atoms with Gasteiger partial charge in [-0.25, -0.2) is 0 Å². The number of hydrogen-bond donors (Lipinski definition) is 0. The Kier molecular flexibility index (Phi) is 3.55. The summed E-state index contributed by atoms with van der Waals surface area (Å²) in [5.41, 5.74) is 1.99. The first kappa shape index (κ1) is 13.9. The van der Waals surface area contributed by atoms with E-state index in [0.29, 0.717) is 28.0 Å².